The second kappa shape index (κ2) is 11.3. The van der Waals surface area contributed by atoms with Crippen molar-refractivity contribution in [2.24, 2.45) is 0 Å². The molecule has 0 radical (unpaired) electrons. The molecule has 1 N–H and O–H groups in total. The summed E-state index contributed by atoms with van der Waals surface area (Å²) in [5.41, 5.74) is 3.20. The van der Waals surface area contributed by atoms with Crippen molar-refractivity contribution < 1.29 is 18.0 Å². The van der Waals surface area contributed by atoms with E-state index < -0.39 is 28.5 Å². The van der Waals surface area contributed by atoms with E-state index in [2.05, 4.69) is 5.32 Å². The van der Waals surface area contributed by atoms with Gasteiger partial charge in [-0.2, -0.15) is 0 Å². The molecule has 0 saturated heterocycles. The maximum atomic E-state index is 13.5. The Hall–Kier alpha value is -2.87. The Labute approximate surface area is 197 Å². The van der Waals surface area contributed by atoms with Crippen LogP contribution in [-0.2, 0) is 26.2 Å². The summed E-state index contributed by atoms with van der Waals surface area (Å²) in [6, 6.07) is 13.9. The fourth-order valence-corrected chi connectivity index (χ4v) is 4.29. The van der Waals surface area contributed by atoms with E-state index in [4.69, 9.17) is 0 Å². The van der Waals surface area contributed by atoms with Crippen LogP contribution in [0.2, 0.25) is 0 Å². The van der Waals surface area contributed by atoms with Crippen molar-refractivity contribution in [2.45, 2.75) is 59.7 Å². The molecule has 8 heteroatoms. The summed E-state index contributed by atoms with van der Waals surface area (Å²) in [5.74, 6) is -0.720. The first-order chi connectivity index (χ1) is 15.4. The molecule has 33 heavy (non-hydrogen) atoms. The van der Waals surface area contributed by atoms with Crippen LogP contribution in [0.4, 0.5) is 5.69 Å². The minimum Gasteiger partial charge on any atom is -0.352 e. The van der Waals surface area contributed by atoms with Crippen LogP contribution in [0.15, 0.2) is 48.5 Å². The normalized spacial score (nSPS) is 13.2. The zero-order valence-corrected chi connectivity index (χ0v) is 21.1. The second-order valence-corrected chi connectivity index (χ2v) is 10.5. The Morgan fingerprint density at radius 3 is 2.15 bits per heavy atom. The van der Waals surface area contributed by atoms with E-state index in [-0.39, 0.29) is 18.5 Å². The molecule has 2 rings (SSSR count). The summed E-state index contributed by atoms with van der Waals surface area (Å²) in [7, 11) is -3.73. The number of hydrogen-bond acceptors (Lipinski definition) is 4. The van der Waals surface area contributed by atoms with E-state index in [1.807, 2.05) is 58.0 Å². The van der Waals surface area contributed by atoms with Gasteiger partial charge in [0.05, 0.1) is 11.9 Å². The molecule has 0 heterocycles. The van der Waals surface area contributed by atoms with Gasteiger partial charge in [0, 0.05) is 12.6 Å². The van der Waals surface area contributed by atoms with Crippen molar-refractivity contribution in [3.63, 3.8) is 0 Å². The van der Waals surface area contributed by atoms with Crippen molar-refractivity contribution in [1.82, 2.24) is 10.2 Å². The van der Waals surface area contributed by atoms with Gasteiger partial charge in [-0.25, -0.2) is 8.42 Å². The molecule has 0 aliphatic heterocycles. The maximum absolute atomic E-state index is 13.5. The summed E-state index contributed by atoms with van der Waals surface area (Å²) in [5, 5.41) is 2.92. The first-order valence-electron chi connectivity index (χ1n) is 11.1. The van der Waals surface area contributed by atoms with Crippen LogP contribution >= 0.6 is 0 Å². The SMILES string of the molecule is CCC(C)NC(=O)C(C)N(Cc1cccc(C)c1)C(=O)CN(c1cccc(C)c1)S(C)(=O)=O. The van der Waals surface area contributed by atoms with Crippen LogP contribution < -0.4 is 9.62 Å². The molecule has 0 saturated carbocycles. The molecular formula is C25H35N3O4S. The molecule has 2 aromatic rings. The lowest BCUT2D eigenvalue weighted by molar-refractivity contribution is -0.139. The third-order valence-corrected chi connectivity index (χ3v) is 6.71. The first kappa shape index (κ1) is 26.4. The fraction of sp³-hybridized carbons (Fsp3) is 0.440. The third kappa shape index (κ3) is 7.60. The highest BCUT2D eigenvalue weighted by atomic mass is 32.2. The van der Waals surface area contributed by atoms with Gasteiger partial charge in [-0.3, -0.25) is 13.9 Å². The topological polar surface area (TPSA) is 86.8 Å². The molecule has 0 aliphatic carbocycles. The summed E-state index contributed by atoms with van der Waals surface area (Å²) in [6.07, 6.45) is 1.84. The molecule has 0 bridgehead atoms. The van der Waals surface area contributed by atoms with Gasteiger partial charge < -0.3 is 10.2 Å². The largest absolute Gasteiger partial charge is 0.352 e. The number of hydrogen-bond donors (Lipinski definition) is 1. The molecular weight excluding hydrogens is 438 g/mol. The minimum absolute atomic E-state index is 0.0318. The van der Waals surface area contributed by atoms with E-state index in [0.29, 0.717) is 5.69 Å². The predicted octanol–water partition coefficient (Wildman–Crippen LogP) is 3.40. The Kier molecular flexibility index (Phi) is 9.05. The number of carbonyl (C=O) groups excluding carboxylic acids is 2. The van der Waals surface area contributed by atoms with Gasteiger partial charge in [-0.15, -0.1) is 0 Å². The number of aryl methyl sites for hydroxylation is 2. The Balaban J connectivity index is 2.38. The average molecular weight is 474 g/mol. The van der Waals surface area contributed by atoms with Crippen molar-refractivity contribution >= 4 is 27.5 Å². The molecule has 0 aliphatic rings. The van der Waals surface area contributed by atoms with Crippen LogP contribution in [0, 0.1) is 13.8 Å². The number of anilines is 1. The number of rotatable bonds is 10. The second-order valence-electron chi connectivity index (χ2n) is 8.61. The maximum Gasteiger partial charge on any atom is 0.244 e. The minimum atomic E-state index is -3.73. The fourth-order valence-electron chi connectivity index (χ4n) is 3.45. The number of amides is 2. The number of carbonyl (C=O) groups is 2. The van der Waals surface area contributed by atoms with Crippen molar-refractivity contribution in [3.05, 3.63) is 65.2 Å². The Morgan fingerprint density at radius 2 is 1.61 bits per heavy atom. The van der Waals surface area contributed by atoms with Gasteiger partial charge in [-0.1, -0.05) is 48.9 Å². The van der Waals surface area contributed by atoms with Crippen LogP contribution in [0.1, 0.15) is 43.9 Å². The van der Waals surface area contributed by atoms with E-state index in [1.54, 1.807) is 25.1 Å². The lowest BCUT2D eigenvalue weighted by atomic mass is 10.1. The summed E-state index contributed by atoms with van der Waals surface area (Å²) < 4.78 is 26.2. The first-order valence-corrected chi connectivity index (χ1v) is 13.0. The molecule has 2 amide bonds. The highest BCUT2D eigenvalue weighted by Crippen LogP contribution is 2.20. The van der Waals surface area contributed by atoms with E-state index in [0.717, 1.165) is 33.7 Å². The van der Waals surface area contributed by atoms with Crippen LogP contribution in [0.5, 0.6) is 0 Å². The number of nitrogens with zero attached hydrogens (tertiary/aromatic N) is 2. The number of nitrogens with one attached hydrogen (secondary N) is 1. The van der Waals surface area contributed by atoms with Gasteiger partial charge in [-0.05, 0) is 57.4 Å². The lowest BCUT2D eigenvalue weighted by Crippen LogP contribution is -2.52. The number of benzene rings is 2. The molecule has 180 valence electrons. The van der Waals surface area contributed by atoms with Crippen LogP contribution in [-0.4, -0.2) is 50.0 Å². The number of sulfonamides is 1. The zero-order valence-electron chi connectivity index (χ0n) is 20.3. The van der Waals surface area contributed by atoms with Gasteiger partial charge in [0.25, 0.3) is 0 Å². The van der Waals surface area contributed by atoms with Gasteiger partial charge in [0.1, 0.15) is 12.6 Å². The van der Waals surface area contributed by atoms with Crippen molar-refractivity contribution in [2.75, 3.05) is 17.1 Å². The van der Waals surface area contributed by atoms with Gasteiger partial charge in [0.2, 0.25) is 21.8 Å². The van der Waals surface area contributed by atoms with Gasteiger partial charge in [0.15, 0.2) is 0 Å². The lowest BCUT2D eigenvalue weighted by Gasteiger charge is -2.32. The average Bonchev–Trinajstić information content (AvgIpc) is 2.74. The highest BCUT2D eigenvalue weighted by Gasteiger charge is 2.30. The quantitative estimate of drug-likeness (QED) is 0.573. The van der Waals surface area contributed by atoms with E-state index in [1.165, 1.54) is 4.90 Å². The smallest absolute Gasteiger partial charge is 0.244 e. The predicted molar refractivity (Wildman–Crippen MR) is 132 cm³/mol. The highest BCUT2D eigenvalue weighted by molar-refractivity contribution is 7.92. The Morgan fingerprint density at radius 1 is 1.00 bits per heavy atom. The molecule has 2 aromatic carbocycles. The van der Waals surface area contributed by atoms with Crippen LogP contribution in [0.3, 0.4) is 0 Å². The van der Waals surface area contributed by atoms with Crippen LogP contribution in [0.25, 0.3) is 0 Å². The molecule has 0 spiro atoms. The van der Waals surface area contributed by atoms with Crippen molar-refractivity contribution in [3.8, 4) is 0 Å². The molecule has 0 fully saturated rings. The third-order valence-electron chi connectivity index (χ3n) is 5.57. The molecule has 7 nitrogen and oxygen atoms in total. The van der Waals surface area contributed by atoms with Crippen molar-refractivity contribution in [1.29, 1.82) is 0 Å². The van der Waals surface area contributed by atoms with Gasteiger partial charge >= 0.3 is 0 Å². The molecule has 2 atom stereocenters. The zero-order chi connectivity index (χ0) is 24.8. The van der Waals surface area contributed by atoms with E-state index in [9.17, 15) is 18.0 Å². The summed E-state index contributed by atoms with van der Waals surface area (Å²) >= 11 is 0. The summed E-state index contributed by atoms with van der Waals surface area (Å²) in [6.45, 7) is 9.16. The van der Waals surface area contributed by atoms with E-state index >= 15 is 0 Å². The molecule has 0 aromatic heterocycles. The summed E-state index contributed by atoms with van der Waals surface area (Å²) in [4.78, 5) is 27.8. The monoisotopic (exact) mass is 473 g/mol. The standard InChI is InChI=1S/C25H35N3O4S/c1-7-20(4)26-25(30)21(5)27(16-22-12-8-10-18(2)14-22)24(29)17-28(33(6,31)32)23-13-9-11-19(3)15-23/h8-15,20-21H,7,16-17H2,1-6H3,(H,26,30). The Bertz CT molecular complexity index is 1080. The molecule has 2 unspecified atom stereocenters.